The van der Waals surface area contributed by atoms with E-state index in [2.05, 4.69) is 35.2 Å². The van der Waals surface area contributed by atoms with Gasteiger partial charge in [-0.2, -0.15) is 0 Å². The molecule has 1 saturated carbocycles. The van der Waals surface area contributed by atoms with Gasteiger partial charge in [0.1, 0.15) is 12.1 Å². The third-order valence-electron chi connectivity index (χ3n) is 3.12. The zero-order valence-corrected chi connectivity index (χ0v) is 9.58. The number of nitrogens with one attached hydrogen (secondary N) is 1. The van der Waals surface area contributed by atoms with Gasteiger partial charge in [0.15, 0.2) is 0 Å². The number of hydrogen-bond donors (Lipinski definition) is 1. The predicted molar refractivity (Wildman–Crippen MR) is 61.9 cm³/mol. The monoisotopic (exact) mass is 205 g/mol. The van der Waals surface area contributed by atoms with Crippen LogP contribution in [0.3, 0.4) is 0 Å². The van der Waals surface area contributed by atoms with E-state index < -0.39 is 0 Å². The molecule has 3 heteroatoms. The zero-order chi connectivity index (χ0) is 10.7. The maximum absolute atomic E-state index is 4.27. The van der Waals surface area contributed by atoms with E-state index in [-0.39, 0.29) is 5.54 Å². The van der Waals surface area contributed by atoms with Gasteiger partial charge >= 0.3 is 0 Å². The SMILES string of the molecule is CCCc1cc(NC2(C)CCC2)ncn1. The summed E-state index contributed by atoms with van der Waals surface area (Å²) < 4.78 is 0. The van der Waals surface area contributed by atoms with Crippen LogP contribution in [-0.2, 0) is 6.42 Å². The lowest BCUT2D eigenvalue weighted by Crippen LogP contribution is -2.41. The van der Waals surface area contributed by atoms with Crippen molar-refractivity contribution in [2.75, 3.05) is 5.32 Å². The van der Waals surface area contributed by atoms with Crippen LogP contribution in [0.2, 0.25) is 0 Å². The molecule has 0 spiro atoms. The topological polar surface area (TPSA) is 37.8 Å². The van der Waals surface area contributed by atoms with E-state index in [0.29, 0.717) is 0 Å². The third kappa shape index (κ3) is 2.46. The Labute approximate surface area is 91.3 Å². The van der Waals surface area contributed by atoms with E-state index in [1.165, 1.54) is 19.3 Å². The van der Waals surface area contributed by atoms with Crippen molar-refractivity contribution < 1.29 is 0 Å². The second kappa shape index (κ2) is 4.17. The van der Waals surface area contributed by atoms with Crippen LogP contribution in [0.5, 0.6) is 0 Å². The Morgan fingerprint density at radius 1 is 1.40 bits per heavy atom. The average molecular weight is 205 g/mol. The maximum Gasteiger partial charge on any atom is 0.130 e. The molecule has 1 heterocycles. The van der Waals surface area contributed by atoms with Gasteiger partial charge in [0.2, 0.25) is 0 Å². The van der Waals surface area contributed by atoms with Crippen LogP contribution in [0.1, 0.15) is 45.2 Å². The third-order valence-corrected chi connectivity index (χ3v) is 3.12. The van der Waals surface area contributed by atoms with Crippen LogP contribution in [0.15, 0.2) is 12.4 Å². The molecule has 0 saturated heterocycles. The number of rotatable bonds is 4. The largest absolute Gasteiger partial charge is 0.365 e. The Hall–Kier alpha value is -1.12. The highest BCUT2D eigenvalue weighted by molar-refractivity contribution is 5.38. The summed E-state index contributed by atoms with van der Waals surface area (Å²) in [4.78, 5) is 8.52. The highest BCUT2D eigenvalue weighted by Crippen LogP contribution is 2.34. The standard InChI is InChI=1S/C12H19N3/c1-3-5-10-8-11(14-9-13-10)15-12(2)6-4-7-12/h8-9H,3-7H2,1-2H3,(H,13,14,15). The molecule has 1 N–H and O–H groups in total. The van der Waals surface area contributed by atoms with Gasteiger partial charge in [0, 0.05) is 17.3 Å². The van der Waals surface area contributed by atoms with Crippen LogP contribution < -0.4 is 5.32 Å². The molecule has 3 nitrogen and oxygen atoms in total. The fourth-order valence-corrected chi connectivity index (χ4v) is 2.00. The van der Waals surface area contributed by atoms with Gasteiger partial charge in [0.05, 0.1) is 0 Å². The first kappa shape index (κ1) is 10.4. The summed E-state index contributed by atoms with van der Waals surface area (Å²) in [5.74, 6) is 0.982. The second-order valence-electron chi connectivity index (χ2n) is 4.68. The van der Waals surface area contributed by atoms with Gasteiger partial charge in [-0.15, -0.1) is 0 Å². The molecular weight excluding hydrogens is 186 g/mol. The van der Waals surface area contributed by atoms with Crippen LogP contribution in [0, 0.1) is 0 Å². The molecular formula is C12H19N3. The highest BCUT2D eigenvalue weighted by Gasteiger charge is 2.31. The summed E-state index contributed by atoms with van der Waals surface area (Å²) in [5.41, 5.74) is 1.41. The van der Waals surface area contributed by atoms with Gasteiger partial charge < -0.3 is 5.32 Å². The van der Waals surface area contributed by atoms with Gasteiger partial charge in [-0.05, 0) is 32.6 Å². The van der Waals surface area contributed by atoms with Crippen LogP contribution >= 0.6 is 0 Å². The number of hydrogen-bond acceptors (Lipinski definition) is 3. The van der Waals surface area contributed by atoms with Crippen molar-refractivity contribution in [1.29, 1.82) is 0 Å². The van der Waals surface area contributed by atoms with Crippen molar-refractivity contribution in [1.82, 2.24) is 9.97 Å². The van der Waals surface area contributed by atoms with Gasteiger partial charge in [0.25, 0.3) is 0 Å². The smallest absolute Gasteiger partial charge is 0.130 e. The quantitative estimate of drug-likeness (QED) is 0.821. The minimum absolute atomic E-state index is 0.276. The molecule has 2 rings (SSSR count). The molecule has 0 aromatic carbocycles. The van der Waals surface area contributed by atoms with Crippen LogP contribution in [-0.4, -0.2) is 15.5 Å². The Kier molecular flexibility index (Phi) is 2.89. The number of anilines is 1. The van der Waals surface area contributed by atoms with Gasteiger partial charge in [-0.3, -0.25) is 0 Å². The molecule has 1 aromatic heterocycles. The first-order valence-corrected chi connectivity index (χ1v) is 5.81. The van der Waals surface area contributed by atoms with E-state index in [1.54, 1.807) is 6.33 Å². The maximum atomic E-state index is 4.27. The molecule has 1 fully saturated rings. The fraction of sp³-hybridized carbons (Fsp3) is 0.667. The lowest BCUT2D eigenvalue weighted by molar-refractivity contribution is 0.305. The average Bonchev–Trinajstić information content (AvgIpc) is 2.16. The summed E-state index contributed by atoms with van der Waals surface area (Å²) in [5, 5.41) is 3.50. The van der Waals surface area contributed by atoms with Crippen LogP contribution in [0.4, 0.5) is 5.82 Å². The van der Waals surface area contributed by atoms with Crippen molar-refractivity contribution >= 4 is 5.82 Å². The van der Waals surface area contributed by atoms with Crippen molar-refractivity contribution in [3.8, 4) is 0 Å². The predicted octanol–water partition coefficient (Wildman–Crippen LogP) is 2.78. The molecule has 0 unspecified atom stereocenters. The van der Waals surface area contributed by atoms with Gasteiger partial charge in [-0.25, -0.2) is 9.97 Å². The number of nitrogens with zero attached hydrogens (tertiary/aromatic N) is 2. The zero-order valence-electron chi connectivity index (χ0n) is 9.58. The van der Waals surface area contributed by atoms with Crippen molar-refractivity contribution in [2.24, 2.45) is 0 Å². The van der Waals surface area contributed by atoms with E-state index >= 15 is 0 Å². The minimum atomic E-state index is 0.276. The lowest BCUT2D eigenvalue weighted by atomic mass is 9.78. The Morgan fingerprint density at radius 2 is 2.20 bits per heavy atom. The van der Waals surface area contributed by atoms with Crippen molar-refractivity contribution in [2.45, 2.75) is 51.5 Å². The second-order valence-corrected chi connectivity index (χ2v) is 4.68. The van der Waals surface area contributed by atoms with E-state index in [9.17, 15) is 0 Å². The molecule has 0 radical (unpaired) electrons. The minimum Gasteiger partial charge on any atom is -0.365 e. The number of aromatic nitrogens is 2. The van der Waals surface area contributed by atoms with Gasteiger partial charge in [-0.1, -0.05) is 13.3 Å². The molecule has 0 bridgehead atoms. The first-order chi connectivity index (χ1) is 7.22. The van der Waals surface area contributed by atoms with Crippen LogP contribution in [0.25, 0.3) is 0 Å². The summed E-state index contributed by atoms with van der Waals surface area (Å²) in [6, 6.07) is 2.08. The van der Waals surface area contributed by atoms with E-state index in [0.717, 1.165) is 24.4 Å². The van der Waals surface area contributed by atoms with Crippen molar-refractivity contribution in [3.63, 3.8) is 0 Å². The Balaban J connectivity index is 2.04. The van der Waals surface area contributed by atoms with E-state index in [4.69, 9.17) is 0 Å². The Morgan fingerprint density at radius 3 is 2.80 bits per heavy atom. The molecule has 0 aliphatic heterocycles. The Bertz CT molecular complexity index is 331. The molecule has 1 aliphatic rings. The molecule has 0 amide bonds. The summed E-state index contributed by atoms with van der Waals surface area (Å²) in [7, 11) is 0. The molecule has 0 atom stereocenters. The fourth-order valence-electron chi connectivity index (χ4n) is 2.00. The molecule has 15 heavy (non-hydrogen) atoms. The number of aryl methyl sites for hydroxylation is 1. The molecule has 1 aromatic rings. The molecule has 82 valence electrons. The first-order valence-electron chi connectivity index (χ1n) is 5.81. The summed E-state index contributed by atoms with van der Waals surface area (Å²) in [6.45, 7) is 4.43. The lowest BCUT2D eigenvalue weighted by Gasteiger charge is -2.39. The van der Waals surface area contributed by atoms with Crippen molar-refractivity contribution in [3.05, 3.63) is 18.1 Å². The summed E-state index contributed by atoms with van der Waals surface area (Å²) >= 11 is 0. The summed E-state index contributed by atoms with van der Waals surface area (Å²) in [6.07, 6.45) is 7.66. The highest BCUT2D eigenvalue weighted by atomic mass is 15.1. The molecule has 1 aliphatic carbocycles. The normalized spacial score (nSPS) is 18.3. The van der Waals surface area contributed by atoms with E-state index in [1.807, 2.05) is 0 Å².